The fourth-order valence-electron chi connectivity index (χ4n) is 3.39. The Balaban J connectivity index is 1.69. The van der Waals surface area contributed by atoms with Crippen LogP contribution in [-0.4, -0.2) is 42.6 Å². The van der Waals surface area contributed by atoms with Crippen LogP contribution in [0, 0.1) is 0 Å². The van der Waals surface area contributed by atoms with Gasteiger partial charge in [0, 0.05) is 24.7 Å². The van der Waals surface area contributed by atoms with Crippen molar-refractivity contribution in [1.29, 1.82) is 0 Å². The van der Waals surface area contributed by atoms with E-state index in [4.69, 9.17) is 4.74 Å². The van der Waals surface area contributed by atoms with Crippen LogP contribution in [0.3, 0.4) is 0 Å². The van der Waals surface area contributed by atoms with E-state index in [0.717, 1.165) is 24.6 Å². The maximum Gasteiger partial charge on any atom is 0.327 e. The smallest absolute Gasteiger partial charge is 0.327 e. The molecule has 4 heteroatoms. The van der Waals surface area contributed by atoms with Gasteiger partial charge in [-0.1, -0.05) is 30.3 Å². The minimum Gasteiger partial charge on any atom is -0.468 e. The summed E-state index contributed by atoms with van der Waals surface area (Å²) in [6.45, 7) is 3.32. The van der Waals surface area contributed by atoms with E-state index in [1.54, 1.807) is 0 Å². The van der Waals surface area contributed by atoms with E-state index in [0.29, 0.717) is 12.1 Å². The number of ether oxygens (including phenoxy) is 1. The molecular weight excluding hydrogens is 264 g/mol. The number of benzene rings is 1. The van der Waals surface area contributed by atoms with Gasteiger partial charge in [-0.25, -0.2) is 4.79 Å². The molecule has 114 valence electrons. The fourth-order valence-corrected chi connectivity index (χ4v) is 3.39. The number of nitrogens with zero attached hydrogens (tertiary/aromatic N) is 1. The first-order valence-electron chi connectivity index (χ1n) is 7.83. The number of nitrogens with one attached hydrogen (secondary N) is 1. The average molecular weight is 288 g/mol. The molecule has 0 bridgehead atoms. The molecule has 0 amide bonds. The van der Waals surface area contributed by atoms with E-state index in [-0.39, 0.29) is 12.0 Å². The lowest BCUT2D eigenvalue weighted by Crippen LogP contribution is -2.39. The normalized spacial score (nSPS) is 27.5. The first-order chi connectivity index (χ1) is 10.2. The average Bonchev–Trinajstić information content (AvgIpc) is 3.28. The van der Waals surface area contributed by atoms with Crippen molar-refractivity contribution in [1.82, 2.24) is 10.2 Å². The highest BCUT2D eigenvalue weighted by atomic mass is 16.5. The van der Waals surface area contributed by atoms with Gasteiger partial charge in [-0.3, -0.25) is 10.2 Å². The minimum atomic E-state index is -0.368. The summed E-state index contributed by atoms with van der Waals surface area (Å²) in [5.41, 5.74) is 0.974. The lowest BCUT2D eigenvalue weighted by Gasteiger charge is -2.22. The summed E-state index contributed by atoms with van der Waals surface area (Å²) in [7, 11) is 1.45. The lowest BCUT2D eigenvalue weighted by molar-refractivity contribution is -0.143. The number of methoxy groups -OCH3 is 1. The maximum absolute atomic E-state index is 12.1. The SMILES string of the molecule is COC(=O)C(NC1CC(C)N(C2CC2)C1)c1ccccc1. The first kappa shape index (κ1) is 14.5. The van der Waals surface area contributed by atoms with Gasteiger partial charge in [-0.15, -0.1) is 0 Å². The predicted molar refractivity (Wildman–Crippen MR) is 81.9 cm³/mol. The second-order valence-corrected chi connectivity index (χ2v) is 6.24. The van der Waals surface area contributed by atoms with Gasteiger partial charge in [0.15, 0.2) is 0 Å². The highest BCUT2D eigenvalue weighted by molar-refractivity contribution is 5.77. The molecule has 1 aromatic rings. The van der Waals surface area contributed by atoms with Crippen LogP contribution in [0.5, 0.6) is 0 Å². The predicted octanol–water partition coefficient (Wildman–Crippen LogP) is 2.12. The molecule has 1 aromatic carbocycles. The van der Waals surface area contributed by atoms with Gasteiger partial charge in [0.2, 0.25) is 0 Å². The van der Waals surface area contributed by atoms with Crippen LogP contribution < -0.4 is 5.32 Å². The van der Waals surface area contributed by atoms with Crippen LogP contribution in [0.15, 0.2) is 30.3 Å². The molecule has 3 rings (SSSR count). The van der Waals surface area contributed by atoms with Crippen LogP contribution in [-0.2, 0) is 9.53 Å². The second kappa shape index (κ2) is 6.16. The van der Waals surface area contributed by atoms with E-state index in [2.05, 4.69) is 17.1 Å². The third kappa shape index (κ3) is 3.27. The molecule has 0 aromatic heterocycles. The van der Waals surface area contributed by atoms with Gasteiger partial charge in [-0.2, -0.15) is 0 Å². The van der Waals surface area contributed by atoms with Crippen LogP contribution in [0.2, 0.25) is 0 Å². The zero-order valence-corrected chi connectivity index (χ0v) is 12.8. The third-order valence-electron chi connectivity index (χ3n) is 4.61. The third-order valence-corrected chi connectivity index (χ3v) is 4.61. The van der Waals surface area contributed by atoms with Crippen LogP contribution >= 0.6 is 0 Å². The summed E-state index contributed by atoms with van der Waals surface area (Å²) in [4.78, 5) is 14.7. The molecule has 1 saturated heterocycles. The Labute approximate surface area is 126 Å². The number of esters is 1. The van der Waals surface area contributed by atoms with E-state index in [1.165, 1.54) is 20.0 Å². The Hall–Kier alpha value is -1.39. The Morgan fingerprint density at radius 1 is 1.33 bits per heavy atom. The van der Waals surface area contributed by atoms with Gasteiger partial charge in [0.05, 0.1) is 7.11 Å². The molecule has 0 spiro atoms. The van der Waals surface area contributed by atoms with Crippen molar-refractivity contribution in [3.8, 4) is 0 Å². The molecule has 3 unspecified atom stereocenters. The number of carbonyl (C=O) groups excluding carboxylic acids is 1. The molecule has 1 aliphatic carbocycles. The highest BCUT2D eigenvalue weighted by Gasteiger charge is 2.39. The van der Waals surface area contributed by atoms with Crippen molar-refractivity contribution >= 4 is 5.97 Å². The van der Waals surface area contributed by atoms with Crippen LogP contribution in [0.1, 0.15) is 37.8 Å². The maximum atomic E-state index is 12.1. The Kier molecular flexibility index (Phi) is 4.27. The molecule has 0 radical (unpaired) electrons. The summed E-state index contributed by atoms with van der Waals surface area (Å²) >= 11 is 0. The highest BCUT2D eigenvalue weighted by Crippen LogP contribution is 2.33. The van der Waals surface area contributed by atoms with Gasteiger partial charge >= 0.3 is 5.97 Å². The second-order valence-electron chi connectivity index (χ2n) is 6.24. The molecular formula is C17H24N2O2. The van der Waals surface area contributed by atoms with Gasteiger partial charge in [0.1, 0.15) is 6.04 Å². The Morgan fingerprint density at radius 3 is 2.67 bits per heavy atom. The summed E-state index contributed by atoms with van der Waals surface area (Å²) in [5, 5.41) is 3.51. The van der Waals surface area contributed by atoms with Crippen LogP contribution in [0.4, 0.5) is 0 Å². The molecule has 1 N–H and O–H groups in total. The summed E-state index contributed by atoms with van der Waals surface area (Å²) in [6.07, 6.45) is 3.75. The van der Waals surface area contributed by atoms with Crippen molar-refractivity contribution in [3.05, 3.63) is 35.9 Å². The van der Waals surface area contributed by atoms with Crippen molar-refractivity contribution in [2.24, 2.45) is 0 Å². The van der Waals surface area contributed by atoms with Crippen molar-refractivity contribution in [2.45, 2.75) is 50.4 Å². The Morgan fingerprint density at radius 2 is 2.05 bits per heavy atom. The molecule has 3 atom stereocenters. The van der Waals surface area contributed by atoms with Crippen molar-refractivity contribution in [3.63, 3.8) is 0 Å². The standard InChI is InChI=1S/C17H24N2O2/c1-12-10-14(11-19(12)15-8-9-15)18-16(17(20)21-2)13-6-4-3-5-7-13/h3-7,12,14-16,18H,8-11H2,1-2H3. The molecule has 2 aliphatic rings. The summed E-state index contributed by atoms with van der Waals surface area (Å²) < 4.78 is 4.98. The number of likely N-dealkylation sites (tertiary alicyclic amines) is 1. The Bertz CT molecular complexity index is 487. The molecule has 4 nitrogen and oxygen atoms in total. The fraction of sp³-hybridized carbons (Fsp3) is 0.588. The van der Waals surface area contributed by atoms with E-state index >= 15 is 0 Å². The topological polar surface area (TPSA) is 41.6 Å². The quantitative estimate of drug-likeness (QED) is 0.843. The summed E-state index contributed by atoms with van der Waals surface area (Å²) in [6, 6.07) is 11.2. The lowest BCUT2D eigenvalue weighted by atomic mass is 10.1. The molecule has 1 heterocycles. The molecule has 21 heavy (non-hydrogen) atoms. The summed E-state index contributed by atoms with van der Waals surface area (Å²) in [5.74, 6) is -0.210. The number of carbonyl (C=O) groups is 1. The van der Waals surface area contributed by atoms with E-state index in [1.807, 2.05) is 30.3 Å². The largest absolute Gasteiger partial charge is 0.468 e. The van der Waals surface area contributed by atoms with Crippen LogP contribution in [0.25, 0.3) is 0 Å². The molecule has 2 fully saturated rings. The van der Waals surface area contributed by atoms with E-state index in [9.17, 15) is 4.79 Å². The molecule has 1 saturated carbocycles. The number of hydrogen-bond donors (Lipinski definition) is 1. The molecule has 1 aliphatic heterocycles. The van der Waals surface area contributed by atoms with E-state index < -0.39 is 0 Å². The monoisotopic (exact) mass is 288 g/mol. The van der Waals surface area contributed by atoms with Crippen molar-refractivity contribution in [2.75, 3.05) is 13.7 Å². The van der Waals surface area contributed by atoms with Gasteiger partial charge in [-0.05, 0) is 31.7 Å². The van der Waals surface area contributed by atoms with Gasteiger partial charge in [0.25, 0.3) is 0 Å². The first-order valence-corrected chi connectivity index (χ1v) is 7.83. The van der Waals surface area contributed by atoms with Crippen molar-refractivity contribution < 1.29 is 9.53 Å². The van der Waals surface area contributed by atoms with Gasteiger partial charge < -0.3 is 4.74 Å². The minimum absolute atomic E-state index is 0.210. The zero-order valence-electron chi connectivity index (χ0n) is 12.8. The number of rotatable bonds is 5. The zero-order chi connectivity index (χ0) is 14.8. The number of hydrogen-bond acceptors (Lipinski definition) is 4.